The number of hydrogen-bond donors (Lipinski definition) is 1. The lowest BCUT2D eigenvalue weighted by atomic mass is 10.2. The summed E-state index contributed by atoms with van der Waals surface area (Å²) in [6, 6.07) is 13.3. The van der Waals surface area contributed by atoms with E-state index in [0.29, 0.717) is 11.3 Å². The lowest BCUT2D eigenvalue weighted by Gasteiger charge is -2.14. The number of anilines is 1. The van der Waals surface area contributed by atoms with Crippen molar-refractivity contribution >= 4 is 39.3 Å². The Morgan fingerprint density at radius 1 is 1.15 bits per heavy atom. The van der Waals surface area contributed by atoms with Crippen molar-refractivity contribution in [3.05, 3.63) is 52.5 Å². The van der Waals surface area contributed by atoms with Crippen LogP contribution in [0.15, 0.2) is 56.7 Å². The van der Waals surface area contributed by atoms with E-state index in [2.05, 4.69) is 15.9 Å². The summed E-state index contributed by atoms with van der Waals surface area (Å²) in [6.45, 7) is 0. The highest BCUT2D eigenvalue weighted by molar-refractivity contribution is 9.10. The van der Waals surface area contributed by atoms with Crippen molar-refractivity contribution in [3.63, 3.8) is 0 Å². The highest BCUT2D eigenvalue weighted by Crippen LogP contribution is 2.33. The molecule has 2 aromatic carbocycles. The van der Waals surface area contributed by atoms with Crippen LogP contribution < -0.4 is 5.73 Å². The van der Waals surface area contributed by atoms with Gasteiger partial charge in [0.2, 0.25) is 0 Å². The average Bonchev–Trinajstić information content (AvgIpc) is 2.41. The quantitative estimate of drug-likeness (QED) is 0.854. The minimum Gasteiger partial charge on any atom is -0.399 e. The second kappa shape index (κ2) is 6.33. The molecular weight excluding hydrogens is 336 g/mol. The van der Waals surface area contributed by atoms with Gasteiger partial charge in [0.25, 0.3) is 5.91 Å². The minimum atomic E-state index is -0.0235. The molecule has 1 amide bonds. The molecule has 5 heteroatoms. The largest absolute Gasteiger partial charge is 0.399 e. The first kappa shape index (κ1) is 14.9. The maximum absolute atomic E-state index is 12.2. The Bertz CT molecular complexity index is 626. The topological polar surface area (TPSA) is 46.3 Å². The van der Waals surface area contributed by atoms with Gasteiger partial charge in [-0.2, -0.15) is 0 Å². The molecule has 20 heavy (non-hydrogen) atoms. The lowest BCUT2D eigenvalue weighted by Crippen LogP contribution is -2.22. The van der Waals surface area contributed by atoms with E-state index in [-0.39, 0.29) is 5.91 Å². The van der Waals surface area contributed by atoms with Gasteiger partial charge in [-0.15, -0.1) is 0 Å². The number of halogens is 1. The number of amides is 1. The minimum absolute atomic E-state index is 0.0235. The van der Waals surface area contributed by atoms with Gasteiger partial charge < -0.3 is 10.6 Å². The highest BCUT2D eigenvalue weighted by atomic mass is 79.9. The molecule has 0 atom stereocenters. The van der Waals surface area contributed by atoms with E-state index < -0.39 is 0 Å². The molecule has 0 spiro atoms. The summed E-state index contributed by atoms with van der Waals surface area (Å²) in [5, 5.41) is 0. The van der Waals surface area contributed by atoms with Crippen molar-refractivity contribution in [1.82, 2.24) is 4.90 Å². The van der Waals surface area contributed by atoms with Gasteiger partial charge in [-0.05, 0) is 42.5 Å². The summed E-state index contributed by atoms with van der Waals surface area (Å²) < 4.78 is 1.03. The summed E-state index contributed by atoms with van der Waals surface area (Å²) in [7, 11) is 3.49. The van der Waals surface area contributed by atoms with Gasteiger partial charge in [0, 0.05) is 34.0 Å². The van der Waals surface area contributed by atoms with Crippen LogP contribution in [0, 0.1) is 0 Å². The molecule has 0 saturated carbocycles. The monoisotopic (exact) mass is 350 g/mol. The predicted octanol–water partition coefficient (Wildman–Crippen LogP) is 3.88. The van der Waals surface area contributed by atoms with Crippen molar-refractivity contribution in [2.45, 2.75) is 9.79 Å². The Hall–Kier alpha value is -1.46. The van der Waals surface area contributed by atoms with E-state index in [0.717, 1.165) is 14.3 Å². The Balaban J connectivity index is 2.37. The molecule has 0 aliphatic heterocycles. The first-order valence-corrected chi connectivity index (χ1v) is 7.63. The molecule has 0 aliphatic carbocycles. The van der Waals surface area contributed by atoms with E-state index in [1.165, 1.54) is 11.8 Å². The zero-order valence-corrected chi connectivity index (χ0v) is 13.7. The first-order valence-electron chi connectivity index (χ1n) is 6.02. The molecular formula is C15H15BrN2OS. The summed E-state index contributed by atoms with van der Waals surface area (Å²) in [4.78, 5) is 15.7. The number of hydrogen-bond acceptors (Lipinski definition) is 3. The highest BCUT2D eigenvalue weighted by Gasteiger charge is 2.14. The maximum atomic E-state index is 12.2. The van der Waals surface area contributed by atoms with Crippen LogP contribution in [0.3, 0.4) is 0 Å². The van der Waals surface area contributed by atoms with Crippen molar-refractivity contribution in [1.29, 1.82) is 0 Å². The third-order valence-corrected chi connectivity index (χ3v) is 4.28. The molecule has 2 aromatic rings. The summed E-state index contributed by atoms with van der Waals surface area (Å²) in [5.41, 5.74) is 7.15. The number of nitrogens with two attached hydrogens (primary N) is 1. The van der Waals surface area contributed by atoms with E-state index in [1.807, 2.05) is 30.3 Å². The van der Waals surface area contributed by atoms with Crippen LogP contribution in [-0.4, -0.2) is 24.9 Å². The third-order valence-electron chi connectivity index (χ3n) is 2.68. The number of carbonyl (C=O) groups is 1. The van der Waals surface area contributed by atoms with E-state index in [9.17, 15) is 4.79 Å². The predicted molar refractivity (Wildman–Crippen MR) is 87.1 cm³/mol. The summed E-state index contributed by atoms with van der Waals surface area (Å²) >= 11 is 4.94. The van der Waals surface area contributed by atoms with Crippen molar-refractivity contribution in [3.8, 4) is 0 Å². The number of rotatable bonds is 3. The van der Waals surface area contributed by atoms with E-state index in [1.54, 1.807) is 31.1 Å². The van der Waals surface area contributed by atoms with E-state index in [4.69, 9.17) is 5.73 Å². The number of nitrogen functional groups attached to an aromatic ring is 1. The van der Waals surface area contributed by atoms with Crippen molar-refractivity contribution in [2.75, 3.05) is 19.8 Å². The zero-order chi connectivity index (χ0) is 14.7. The first-order chi connectivity index (χ1) is 9.47. The maximum Gasteiger partial charge on any atom is 0.254 e. The molecule has 0 radical (unpaired) electrons. The van der Waals surface area contributed by atoms with Gasteiger partial charge in [-0.1, -0.05) is 27.7 Å². The second-order valence-electron chi connectivity index (χ2n) is 4.51. The third kappa shape index (κ3) is 3.55. The normalized spacial score (nSPS) is 10.3. The molecule has 0 bridgehead atoms. The number of carbonyl (C=O) groups excluding carboxylic acids is 1. The van der Waals surface area contributed by atoms with Gasteiger partial charge in [-0.25, -0.2) is 0 Å². The van der Waals surface area contributed by atoms with E-state index >= 15 is 0 Å². The molecule has 3 nitrogen and oxygen atoms in total. The molecule has 0 saturated heterocycles. The molecule has 0 aliphatic rings. The summed E-state index contributed by atoms with van der Waals surface area (Å²) in [5.74, 6) is -0.0235. The van der Waals surface area contributed by atoms with Gasteiger partial charge in [0.1, 0.15) is 0 Å². The van der Waals surface area contributed by atoms with Gasteiger partial charge in [-0.3, -0.25) is 4.79 Å². The number of benzene rings is 2. The Labute approximate surface area is 131 Å². The smallest absolute Gasteiger partial charge is 0.254 e. The van der Waals surface area contributed by atoms with Crippen LogP contribution in [0.5, 0.6) is 0 Å². The van der Waals surface area contributed by atoms with Gasteiger partial charge >= 0.3 is 0 Å². The molecule has 0 unspecified atom stereocenters. The van der Waals surface area contributed by atoms with Crippen molar-refractivity contribution < 1.29 is 4.79 Å². The van der Waals surface area contributed by atoms with Crippen LogP contribution in [-0.2, 0) is 0 Å². The standard InChI is InChI=1S/C15H15BrN2OS/c1-18(2)15(19)13-8-5-11(17)9-14(13)20-12-6-3-10(16)4-7-12/h3-9H,17H2,1-2H3. The molecule has 2 N–H and O–H groups in total. The molecule has 104 valence electrons. The van der Waals surface area contributed by atoms with Gasteiger partial charge in [0.05, 0.1) is 5.56 Å². The van der Waals surface area contributed by atoms with Crippen LogP contribution in [0.1, 0.15) is 10.4 Å². The SMILES string of the molecule is CN(C)C(=O)c1ccc(N)cc1Sc1ccc(Br)cc1. The lowest BCUT2D eigenvalue weighted by molar-refractivity contribution is 0.0824. The van der Waals surface area contributed by atoms with Crippen LogP contribution in [0.4, 0.5) is 5.69 Å². The fourth-order valence-electron chi connectivity index (χ4n) is 1.67. The van der Waals surface area contributed by atoms with Crippen molar-refractivity contribution in [2.24, 2.45) is 0 Å². The Kier molecular flexibility index (Phi) is 4.73. The fraction of sp³-hybridized carbons (Fsp3) is 0.133. The van der Waals surface area contributed by atoms with Crippen LogP contribution >= 0.6 is 27.7 Å². The van der Waals surface area contributed by atoms with Crippen LogP contribution in [0.2, 0.25) is 0 Å². The molecule has 0 aromatic heterocycles. The fourth-order valence-corrected chi connectivity index (χ4v) is 2.92. The Morgan fingerprint density at radius 3 is 2.40 bits per heavy atom. The molecule has 2 rings (SSSR count). The van der Waals surface area contributed by atoms with Crippen LogP contribution in [0.25, 0.3) is 0 Å². The number of nitrogens with zero attached hydrogens (tertiary/aromatic N) is 1. The Morgan fingerprint density at radius 2 is 1.80 bits per heavy atom. The molecule has 0 fully saturated rings. The van der Waals surface area contributed by atoms with Gasteiger partial charge in [0.15, 0.2) is 0 Å². The zero-order valence-electron chi connectivity index (χ0n) is 11.3. The second-order valence-corrected chi connectivity index (χ2v) is 6.54. The average molecular weight is 351 g/mol. The molecule has 0 heterocycles. The summed E-state index contributed by atoms with van der Waals surface area (Å²) in [6.07, 6.45) is 0.